The van der Waals surface area contributed by atoms with Crippen molar-refractivity contribution in [1.29, 1.82) is 0 Å². The van der Waals surface area contributed by atoms with E-state index < -0.39 is 0 Å². The lowest BCUT2D eigenvalue weighted by Crippen LogP contribution is -2.27. The maximum absolute atomic E-state index is 6.73. The molecule has 266 valence electrons. The maximum Gasteiger partial charge on any atom is 0.137 e. The van der Waals surface area contributed by atoms with E-state index in [1.54, 1.807) is 0 Å². The van der Waals surface area contributed by atoms with E-state index in [1.807, 2.05) is 6.07 Å². The van der Waals surface area contributed by atoms with E-state index in [0.29, 0.717) is 6.67 Å². The zero-order chi connectivity index (χ0) is 36.9. The second kappa shape index (κ2) is 11.9. The van der Waals surface area contributed by atoms with Gasteiger partial charge in [-0.25, -0.2) is 4.98 Å². The molecule has 56 heavy (non-hydrogen) atoms. The van der Waals surface area contributed by atoms with Crippen LogP contribution in [0.5, 0.6) is 11.5 Å². The molecule has 0 radical (unpaired) electrons. The number of pyridine rings is 1. The molecule has 13 rings (SSSR count). The summed E-state index contributed by atoms with van der Waals surface area (Å²) in [7, 11) is 0. The van der Waals surface area contributed by atoms with Crippen LogP contribution in [0.25, 0.3) is 27.6 Å². The molecule has 0 unspecified atom stereocenters. The van der Waals surface area contributed by atoms with E-state index in [2.05, 4.69) is 191 Å². The summed E-state index contributed by atoms with van der Waals surface area (Å²) in [4.78, 5) is 9.99. The molecular weight excluding hydrogens is 685 g/mol. The quantitative estimate of drug-likeness (QED) is 0.177. The van der Waals surface area contributed by atoms with Gasteiger partial charge in [0.15, 0.2) is 0 Å². The number of para-hydroxylation sites is 4. The minimum Gasteiger partial charge on any atom is -0.457 e. The molecule has 3 heterocycles. The third kappa shape index (κ3) is 4.51. The van der Waals surface area contributed by atoms with Gasteiger partial charge in [-0.15, -0.1) is 0 Å². The highest BCUT2D eigenvalue weighted by atomic mass is 16.5. The number of hydrogen-bond donors (Lipinski definition) is 0. The van der Waals surface area contributed by atoms with Crippen molar-refractivity contribution in [2.75, 3.05) is 16.5 Å². The van der Waals surface area contributed by atoms with Crippen molar-refractivity contribution in [3.63, 3.8) is 0 Å². The van der Waals surface area contributed by atoms with Crippen molar-refractivity contribution in [3.05, 3.63) is 215 Å². The molecule has 9 aromatic rings. The number of anilines is 4. The summed E-state index contributed by atoms with van der Waals surface area (Å²) >= 11 is 0. The Morgan fingerprint density at radius 1 is 0.482 bits per heavy atom. The fourth-order valence-electron chi connectivity index (χ4n) is 9.78. The van der Waals surface area contributed by atoms with Crippen LogP contribution in [-0.2, 0) is 0 Å². The smallest absolute Gasteiger partial charge is 0.137 e. The second-order valence-corrected chi connectivity index (χ2v) is 15.2. The Labute approximate surface area is 325 Å². The van der Waals surface area contributed by atoms with Gasteiger partial charge in [0.05, 0.1) is 22.4 Å². The van der Waals surface area contributed by atoms with Crippen LogP contribution in [0.4, 0.5) is 22.7 Å². The standard InChI is InChI=1S/C51H36N4O/c1-32-13-2-8-21-44(32)54-31-53(46-23-10-11-24-47(46)54)33-14-12-15-34(27-33)56-35-25-26-37-36-16-7-9-22-45(36)55(48(37)28-35)49-29-42-43(30-52-49)51-40-19-5-3-17-38(40)50(42)39-18-4-6-20-41(39)51/h2-30,50-51H,31H2,1H3. The van der Waals surface area contributed by atoms with Gasteiger partial charge >= 0.3 is 0 Å². The molecule has 1 aliphatic heterocycles. The third-order valence-electron chi connectivity index (χ3n) is 12.2. The molecule has 3 aliphatic carbocycles. The van der Waals surface area contributed by atoms with Crippen molar-refractivity contribution in [2.45, 2.75) is 18.8 Å². The van der Waals surface area contributed by atoms with E-state index in [4.69, 9.17) is 9.72 Å². The van der Waals surface area contributed by atoms with Crippen molar-refractivity contribution in [1.82, 2.24) is 9.55 Å². The van der Waals surface area contributed by atoms with Crippen LogP contribution in [0.3, 0.4) is 0 Å². The molecule has 0 amide bonds. The van der Waals surface area contributed by atoms with E-state index in [1.165, 1.54) is 66.8 Å². The molecule has 2 bridgehead atoms. The Balaban J connectivity index is 0.933. The zero-order valence-corrected chi connectivity index (χ0v) is 30.8. The highest BCUT2D eigenvalue weighted by molar-refractivity contribution is 6.09. The first kappa shape index (κ1) is 31.3. The van der Waals surface area contributed by atoms with Gasteiger partial charge in [0.25, 0.3) is 0 Å². The Bertz CT molecular complexity index is 3000. The van der Waals surface area contributed by atoms with E-state index in [-0.39, 0.29) is 11.8 Å². The van der Waals surface area contributed by atoms with Gasteiger partial charge < -0.3 is 14.5 Å². The van der Waals surface area contributed by atoms with Gasteiger partial charge in [0.2, 0.25) is 0 Å². The van der Waals surface area contributed by atoms with E-state index in [9.17, 15) is 0 Å². The summed E-state index contributed by atoms with van der Waals surface area (Å²) in [5.74, 6) is 2.85. The van der Waals surface area contributed by atoms with Gasteiger partial charge in [0.1, 0.15) is 24.0 Å². The summed E-state index contributed by atoms with van der Waals surface area (Å²) in [5.41, 5.74) is 16.4. The highest BCUT2D eigenvalue weighted by Crippen LogP contribution is 2.56. The molecule has 7 aromatic carbocycles. The van der Waals surface area contributed by atoms with Crippen LogP contribution >= 0.6 is 0 Å². The lowest BCUT2D eigenvalue weighted by molar-refractivity contribution is 0.483. The van der Waals surface area contributed by atoms with Crippen molar-refractivity contribution in [3.8, 4) is 17.3 Å². The summed E-state index contributed by atoms with van der Waals surface area (Å²) in [5, 5.41) is 2.36. The summed E-state index contributed by atoms with van der Waals surface area (Å²) in [6, 6.07) is 61.0. The van der Waals surface area contributed by atoms with Crippen LogP contribution in [0.1, 0.15) is 50.8 Å². The minimum absolute atomic E-state index is 0.176. The summed E-state index contributed by atoms with van der Waals surface area (Å²) < 4.78 is 9.04. The number of nitrogens with zero attached hydrogens (tertiary/aromatic N) is 4. The Hall–Kier alpha value is -7.11. The SMILES string of the molecule is Cc1ccccc1N1CN(c2cccc(Oc3ccc4c5ccccc5n(-c5cc6c(cn5)C5c7ccccc7C6c6ccccc65)c4c3)c2)c2ccccc21. The first-order valence-corrected chi connectivity index (χ1v) is 19.4. The molecule has 0 fully saturated rings. The molecular formula is C51H36N4O. The number of rotatable bonds is 5. The van der Waals surface area contributed by atoms with Crippen molar-refractivity contribution < 1.29 is 4.74 Å². The summed E-state index contributed by atoms with van der Waals surface area (Å²) in [6.45, 7) is 2.89. The highest BCUT2D eigenvalue weighted by Gasteiger charge is 2.41. The van der Waals surface area contributed by atoms with Gasteiger partial charge in [-0.05, 0) is 100 Å². The first-order valence-electron chi connectivity index (χ1n) is 19.4. The topological polar surface area (TPSA) is 33.5 Å². The molecule has 0 atom stereocenters. The van der Waals surface area contributed by atoms with Crippen LogP contribution in [-0.4, -0.2) is 16.2 Å². The van der Waals surface area contributed by atoms with Crippen molar-refractivity contribution >= 4 is 44.6 Å². The first-order chi connectivity index (χ1) is 27.7. The number of ether oxygens (including phenoxy) is 1. The number of aryl methyl sites for hydroxylation is 1. The number of aromatic nitrogens is 2. The summed E-state index contributed by atoms with van der Waals surface area (Å²) in [6.07, 6.45) is 2.14. The molecule has 0 saturated heterocycles. The normalized spacial score (nSPS) is 16.2. The Morgan fingerprint density at radius 2 is 1.09 bits per heavy atom. The van der Waals surface area contributed by atoms with Crippen molar-refractivity contribution in [2.24, 2.45) is 0 Å². The van der Waals surface area contributed by atoms with Gasteiger partial charge in [-0.1, -0.05) is 103 Å². The van der Waals surface area contributed by atoms with Crippen LogP contribution in [0.15, 0.2) is 176 Å². The maximum atomic E-state index is 6.73. The number of fused-ring (bicyclic) bond motifs is 4. The van der Waals surface area contributed by atoms with E-state index >= 15 is 0 Å². The fourth-order valence-corrected chi connectivity index (χ4v) is 9.78. The van der Waals surface area contributed by atoms with Gasteiger partial charge in [-0.3, -0.25) is 4.57 Å². The average Bonchev–Trinajstić information content (AvgIpc) is 3.79. The monoisotopic (exact) mass is 720 g/mol. The molecule has 0 spiro atoms. The largest absolute Gasteiger partial charge is 0.457 e. The minimum atomic E-state index is 0.176. The van der Waals surface area contributed by atoms with E-state index in [0.717, 1.165) is 34.0 Å². The predicted molar refractivity (Wildman–Crippen MR) is 227 cm³/mol. The Kier molecular flexibility index (Phi) is 6.67. The molecule has 0 N–H and O–H groups in total. The van der Waals surface area contributed by atoms with Crippen LogP contribution in [0.2, 0.25) is 0 Å². The number of benzene rings is 7. The van der Waals surface area contributed by atoms with Gasteiger partial charge in [-0.2, -0.15) is 0 Å². The van der Waals surface area contributed by atoms with Crippen LogP contribution in [0, 0.1) is 6.92 Å². The molecule has 0 saturated carbocycles. The second-order valence-electron chi connectivity index (χ2n) is 15.2. The molecule has 4 aliphatic rings. The Morgan fingerprint density at radius 3 is 1.84 bits per heavy atom. The third-order valence-corrected chi connectivity index (χ3v) is 12.2. The lowest BCUT2D eigenvalue weighted by Gasteiger charge is -2.42. The molecule has 5 nitrogen and oxygen atoms in total. The molecule has 2 aromatic heterocycles. The predicted octanol–water partition coefficient (Wildman–Crippen LogP) is 12.5. The zero-order valence-electron chi connectivity index (χ0n) is 30.8. The van der Waals surface area contributed by atoms with Gasteiger partial charge in [0, 0.05) is 52.3 Å². The average molecular weight is 721 g/mol. The fraction of sp³-hybridized carbons (Fsp3) is 0.0784. The number of hydrogen-bond acceptors (Lipinski definition) is 4. The molecule has 5 heteroatoms. The lowest BCUT2D eigenvalue weighted by atomic mass is 9.61. The van der Waals surface area contributed by atoms with Crippen LogP contribution < -0.4 is 14.5 Å².